The number of piperidine rings is 1. The Bertz CT molecular complexity index is 300. The molecular formula is C13H25N3O3. The van der Waals surface area contributed by atoms with Crippen molar-refractivity contribution < 1.29 is 14.3 Å². The van der Waals surface area contributed by atoms with Gasteiger partial charge in [-0.25, -0.2) is 4.79 Å². The summed E-state index contributed by atoms with van der Waals surface area (Å²) in [6.07, 6.45) is 1.47. The number of ether oxygens (including phenoxy) is 1. The van der Waals surface area contributed by atoms with Gasteiger partial charge in [-0.2, -0.15) is 0 Å². The lowest BCUT2D eigenvalue weighted by Gasteiger charge is -2.31. The first-order valence-corrected chi connectivity index (χ1v) is 6.97. The zero-order chi connectivity index (χ0) is 14.3. The van der Waals surface area contributed by atoms with Crippen molar-refractivity contribution in [3.63, 3.8) is 0 Å². The molecule has 0 radical (unpaired) electrons. The van der Waals surface area contributed by atoms with Crippen LogP contribution in [0.4, 0.5) is 4.79 Å². The molecule has 19 heavy (non-hydrogen) atoms. The molecule has 0 saturated carbocycles. The summed E-state index contributed by atoms with van der Waals surface area (Å²) in [7, 11) is 0. The highest BCUT2D eigenvalue weighted by molar-refractivity contribution is 5.78. The summed E-state index contributed by atoms with van der Waals surface area (Å²) < 4.78 is 4.96. The largest absolute Gasteiger partial charge is 0.450 e. The van der Waals surface area contributed by atoms with Crippen LogP contribution in [0.5, 0.6) is 0 Å². The summed E-state index contributed by atoms with van der Waals surface area (Å²) in [4.78, 5) is 24.7. The van der Waals surface area contributed by atoms with Gasteiger partial charge in [0, 0.05) is 25.2 Å². The molecule has 2 amide bonds. The van der Waals surface area contributed by atoms with Crippen molar-refractivity contribution in [1.82, 2.24) is 15.5 Å². The molecule has 110 valence electrons. The van der Waals surface area contributed by atoms with Crippen molar-refractivity contribution in [2.75, 3.05) is 26.2 Å². The fourth-order valence-corrected chi connectivity index (χ4v) is 2.09. The highest BCUT2D eigenvalue weighted by atomic mass is 16.6. The van der Waals surface area contributed by atoms with E-state index in [0.29, 0.717) is 32.3 Å². The molecule has 1 aliphatic rings. The average molecular weight is 271 g/mol. The number of nitrogens with one attached hydrogen (secondary N) is 2. The molecule has 1 fully saturated rings. The maximum absolute atomic E-state index is 11.5. The van der Waals surface area contributed by atoms with Crippen LogP contribution in [0, 0.1) is 0 Å². The van der Waals surface area contributed by atoms with Gasteiger partial charge in [-0.15, -0.1) is 0 Å². The molecule has 1 heterocycles. The fourth-order valence-electron chi connectivity index (χ4n) is 2.09. The molecule has 6 heteroatoms. The number of hydrogen-bond acceptors (Lipinski definition) is 4. The minimum absolute atomic E-state index is 0.0165. The SMILES string of the molecule is CCOC(=O)N1CCC(NCC(=O)NC(C)C)CC1. The smallest absolute Gasteiger partial charge is 0.409 e. The molecule has 0 aliphatic carbocycles. The van der Waals surface area contributed by atoms with Gasteiger partial charge in [0.05, 0.1) is 13.2 Å². The Hall–Kier alpha value is -1.30. The number of carbonyl (C=O) groups excluding carboxylic acids is 2. The minimum Gasteiger partial charge on any atom is -0.450 e. The first-order chi connectivity index (χ1) is 9.02. The number of likely N-dealkylation sites (tertiary alicyclic amines) is 1. The summed E-state index contributed by atoms with van der Waals surface area (Å²) in [6.45, 7) is 7.80. The predicted octanol–water partition coefficient (Wildman–Crippen LogP) is 0.722. The Labute approximate surface area is 114 Å². The molecule has 0 unspecified atom stereocenters. The van der Waals surface area contributed by atoms with Crippen molar-refractivity contribution >= 4 is 12.0 Å². The van der Waals surface area contributed by atoms with Crippen LogP contribution in [0.15, 0.2) is 0 Å². The lowest BCUT2D eigenvalue weighted by Crippen LogP contribution is -2.48. The molecule has 0 spiro atoms. The summed E-state index contributed by atoms with van der Waals surface area (Å²) in [5, 5.41) is 6.07. The second-order valence-electron chi connectivity index (χ2n) is 5.06. The van der Waals surface area contributed by atoms with Gasteiger partial charge in [0.25, 0.3) is 0 Å². The van der Waals surface area contributed by atoms with Gasteiger partial charge >= 0.3 is 6.09 Å². The van der Waals surface area contributed by atoms with Crippen LogP contribution in [0.3, 0.4) is 0 Å². The van der Waals surface area contributed by atoms with Gasteiger partial charge in [0.15, 0.2) is 0 Å². The van der Waals surface area contributed by atoms with Crippen LogP contribution in [-0.4, -0.2) is 55.2 Å². The van der Waals surface area contributed by atoms with Crippen LogP contribution in [0.1, 0.15) is 33.6 Å². The van der Waals surface area contributed by atoms with Gasteiger partial charge in [0.1, 0.15) is 0 Å². The highest BCUT2D eigenvalue weighted by Gasteiger charge is 2.23. The molecule has 1 rings (SSSR count). The Morgan fingerprint density at radius 1 is 1.32 bits per heavy atom. The van der Waals surface area contributed by atoms with Gasteiger partial charge in [-0.1, -0.05) is 0 Å². The number of carbonyl (C=O) groups is 2. The van der Waals surface area contributed by atoms with Crippen LogP contribution >= 0.6 is 0 Å². The Morgan fingerprint density at radius 3 is 2.47 bits per heavy atom. The van der Waals surface area contributed by atoms with E-state index in [9.17, 15) is 9.59 Å². The zero-order valence-electron chi connectivity index (χ0n) is 12.1. The monoisotopic (exact) mass is 271 g/mol. The van der Waals surface area contributed by atoms with Gasteiger partial charge in [-0.05, 0) is 33.6 Å². The first-order valence-electron chi connectivity index (χ1n) is 6.97. The van der Waals surface area contributed by atoms with E-state index in [1.165, 1.54) is 0 Å². The molecule has 6 nitrogen and oxygen atoms in total. The van der Waals surface area contributed by atoms with E-state index in [-0.39, 0.29) is 18.0 Å². The second kappa shape index (κ2) is 7.99. The maximum Gasteiger partial charge on any atom is 0.409 e. The number of rotatable bonds is 5. The molecule has 0 aromatic rings. The highest BCUT2D eigenvalue weighted by Crippen LogP contribution is 2.11. The van der Waals surface area contributed by atoms with Crippen LogP contribution in [0.25, 0.3) is 0 Å². The van der Waals surface area contributed by atoms with Crippen LogP contribution in [0.2, 0.25) is 0 Å². The average Bonchev–Trinajstić information content (AvgIpc) is 2.36. The van der Waals surface area contributed by atoms with Crippen LogP contribution < -0.4 is 10.6 Å². The number of nitrogens with zero attached hydrogens (tertiary/aromatic N) is 1. The fraction of sp³-hybridized carbons (Fsp3) is 0.846. The Morgan fingerprint density at radius 2 is 1.95 bits per heavy atom. The normalized spacial score (nSPS) is 16.5. The topological polar surface area (TPSA) is 70.7 Å². The first kappa shape index (κ1) is 15.8. The van der Waals surface area contributed by atoms with Crippen molar-refractivity contribution in [3.05, 3.63) is 0 Å². The molecular weight excluding hydrogens is 246 g/mol. The van der Waals surface area contributed by atoms with E-state index in [1.807, 2.05) is 13.8 Å². The van der Waals surface area contributed by atoms with Crippen molar-refractivity contribution in [3.8, 4) is 0 Å². The van der Waals surface area contributed by atoms with E-state index in [2.05, 4.69) is 10.6 Å². The second-order valence-corrected chi connectivity index (χ2v) is 5.06. The lowest BCUT2D eigenvalue weighted by atomic mass is 10.1. The molecule has 1 saturated heterocycles. The summed E-state index contributed by atoms with van der Waals surface area (Å²) in [5.41, 5.74) is 0. The standard InChI is InChI=1S/C13H25N3O3/c1-4-19-13(18)16-7-5-11(6-8-16)14-9-12(17)15-10(2)3/h10-11,14H,4-9H2,1-3H3,(H,15,17). The molecule has 0 aromatic heterocycles. The predicted molar refractivity (Wildman–Crippen MR) is 72.9 cm³/mol. The van der Waals surface area contributed by atoms with E-state index in [0.717, 1.165) is 12.8 Å². The van der Waals surface area contributed by atoms with Gasteiger partial charge in [-0.3, -0.25) is 4.79 Å². The molecule has 0 atom stereocenters. The Kier molecular flexibility index (Phi) is 6.62. The summed E-state index contributed by atoms with van der Waals surface area (Å²) >= 11 is 0. The number of amides is 2. The van der Waals surface area contributed by atoms with Crippen LogP contribution in [-0.2, 0) is 9.53 Å². The van der Waals surface area contributed by atoms with E-state index >= 15 is 0 Å². The van der Waals surface area contributed by atoms with Crippen molar-refractivity contribution in [1.29, 1.82) is 0 Å². The minimum atomic E-state index is -0.237. The van der Waals surface area contributed by atoms with Gasteiger partial charge < -0.3 is 20.3 Å². The lowest BCUT2D eigenvalue weighted by molar-refractivity contribution is -0.120. The molecule has 2 N–H and O–H groups in total. The quantitative estimate of drug-likeness (QED) is 0.773. The molecule has 0 bridgehead atoms. The van der Waals surface area contributed by atoms with E-state index < -0.39 is 0 Å². The van der Waals surface area contributed by atoms with E-state index in [1.54, 1.807) is 11.8 Å². The van der Waals surface area contributed by atoms with Crippen molar-refractivity contribution in [2.45, 2.75) is 45.7 Å². The maximum atomic E-state index is 11.5. The zero-order valence-corrected chi connectivity index (χ0v) is 12.1. The summed E-state index contributed by atoms with van der Waals surface area (Å²) in [6, 6.07) is 0.462. The molecule has 1 aliphatic heterocycles. The Balaban J connectivity index is 2.20. The van der Waals surface area contributed by atoms with Crippen molar-refractivity contribution in [2.24, 2.45) is 0 Å². The molecule has 0 aromatic carbocycles. The third-order valence-electron chi connectivity index (χ3n) is 3.02. The third kappa shape index (κ3) is 5.92. The third-order valence-corrected chi connectivity index (χ3v) is 3.02. The summed E-state index contributed by atoms with van der Waals surface area (Å²) in [5.74, 6) is 0.0165. The van der Waals surface area contributed by atoms with Gasteiger partial charge in [0.2, 0.25) is 5.91 Å². The van der Waals surface area contributed by atoms with E-state index in [4.69, 9.17) is 4.74 Å². The number of hydrogen-bond donors (Lipinski definition) is 2.